The van der Waals surface area contributed by atoms with Crippen LogP contribution in [0.1, 0.15) is 24.3 Å². The Balaban J connectivity index is 2.20. The van der Waals surface area contributed by atoms with Crippen LogP contribution >= 0.6 is 0 Å². The van der Waals surface area contributed by atoms with E-state index in [2.05, 4.69) is 9.97 Å². The van der Waals surface area contributed by atoms with Gasteiger partial charge in [0.15, 0.2) is 0 Å². The van der Waals surface area contributed by atoms with Crippen molar-refractivity contribution in [1.29, 1.82) is 0 Å². The Morgan fingerprint density at radius 2 is 1.95 bits per heavy atom. The molecule has 1 atom stereocenters. The van der Waals surface area contributed by atoms with Crippen molar-refractivity contribution in [2.75, 3.05) is 13.7 Å². The van der Waals surface area contributed by atoms with Crippen molar-refractivity contribution < 1.29 is 14.6 Å². The van der Waals surface area contributed by atoms with Crippen molar-refractivity contribution in [3.63, 3.8) is 0 Å². The summed E-state index contributed by atoms with van der Waals surface area (Å²) in [5.74, 6) is 1.20. The van der Waals surface area contributed by atoms with Crippen LogP contribution in [0.3, 0.4) is 0 Å². The zero-order valence-corrected chi connectivity index (χ0v) is 10.9. The van der Waals surface area contributed by atoms with Crippen molar-refractivity contribution in [3.8, 4) is 11.6 Å². The molecule has 100 valence electrons. The van der Waals surface area contributed by atoms with Crippen molar-refractivity contribution in [1.82, 2.24) is 9.97 Å². The minimum Gasteiger partial charge on any atom is -0.494 e. The van der Waals surface area contributed by atoms with E-state index in [0.717, 1.165) is 11.3 Å². The zero-order chi connectivity index (χ0) is 13.7. The predicted molar refractivity (Wildman–Crippen MR) is 70.3 cm³/mol. The molecule has 5 nitrogen and oxygen atoms in total. The van der Waals surface area contributed by atoms with E-state index >= 15 is 0 Å². The van der Waals surface area contributed by atoms with E-state index in [1.807, 2.05) is 31.2 Å². The van der Waals surface area contributed by atoms with Gasteiger partial charge in [-0.1, -0.05) is 12.1 Å². The SMILES string of the molecule is CCOc1ccc(C(O)c2cc(OC)ncn2)cc1. The van der Waals surface area contributed by atoms with Crippen LogP contribution in [0, 0.1) is 0 Å². The first kappa shape index (κ1) is 13.3. The third-order valence-corrected chi connectivity index (χ3v) is 2.66. The molecule has 0 aliphatic carbocycles. The quantitative estimate of drug-likeness (QED) is 0.890. The largest absolute Gasteiger partial charge is 0.494 e. The second kappa shape index (κ2) is 6.15. The molecule has 1 unspecified atom stereocenters. The molecule has 0 fully saturated rings. The number of aromatic nitrogens is 2. The Kier molecular flexibility index (Phi) is 4.30. The van der Waals surface area contributed by atoms with Gasteiger partial charge in [0.25, 0.3) is 0 Å². The lowest BCUT2D eigenvalue weighted by Crippen LogP contribution is -2.03. The molecule has 1 heterocycles. The van der Waals surface area contributed by atoms with Gasteiger partial charge in [-0.05, 0) is 24.6 Å². The minimum atomic E-state index is -0.812. The van der Waals surface area contributed by atoms with Crippen LogP contribution in [-0.4, -0.2) is 28.8 Å². The fourth-order valence-corrected chi connectivity index (χ4v) is 1.70. The number of hydrogen-bond donors (Lipinski definition) is 1. The summed E-state index contributed by atoms with van der Waals surface area (Å²) in [5.41, 5.74) is 1.24. The number of aliphatic hydroxyl groups excluding tert-OH is 1. The fraction of sp³-hybridized carbons (Fsp3) is 0.286. The lowest BCUT2D eigenvalue weighted by Gasteiger charge is -2.11. The molecular formula is C14H16N2O3. The number of nitrogens with zero attached hydrogens (tertiary/aromatic N) is 2. The molecule has 5 heteroatoms. The summed E-state index contributed by atoms with van der Waals surface area (Å²) in [5, 5.41) is 10.2. The van der Waals surface area contributed by atoms with E-state index in [9.17, 15) is 5.11 Å². The van der Waals surface area contributed by atoms with Crippen LogP contribution in [0.4, 0.5) is 0 Å². The van der Waals surface area contributed by atoms with Gasteiger partial charge in [0.05, 0.1) is 19.4 Å². The van der Waals surface area contributed by atoms with Gasteiger partial charge < -0.3 is 14.6 Å². The lowest BCUT2D eigenvalue weighted by molar-refractivity contribution is 0.214. The lowest BCUT2D eigenvalue weighted by atomic mass is 10.1. The van der Waals surface area contributed by atoms with Gasteiger partial charge in [-0.25, -0.2) is 9.97 Å². The fourth-order valence-electron chi connectivity index (χ4n) is 1.70. The average Bonchev–Trinajstić information content (AvgIpc) is 2.48. The average molecular weight is 260 g/mol. The number of hydrogen-bond acceptors (Lipinski definition) is 5. The highest BCUT2D eigenvalue weighted by Gasteiger charge is 2.13. The zero-order valence-electron chi connectivity index (χ0n) is 10.9. The number of ether oxygens (including phenoxy) is 2. The Labute approximate surface area is 111 Å². The van der Waals surface area contributed by atoms with Gasteiger partial charge >= 0.3 is 0 Å². The maximum absolute atomic E-state index is 10.2. The van der Waals surface area contributed by atoms with E-state index in [0.29, 0.717) is 18.2 Å². The summed E-state index contributed by atoms with van der Waals surface area (Å²) in [7, 11) is 1.52. The van der Waals surface area contributed by atoms with Crippen molar-refractivity contribution in [3.05, 3.63) is 47.9 Å². The Bertz CT molecular complexity index is 528. The Morgan fingerprint density at radius 3 is 2.58 bits per heavy atom. The highest BCUT2D eigenvalue weighted by Crippen LogP contribution is 2.23. The Morgan fingerprint density at radius 1 is 1.21 bits per heavy atom. The summed E-state index contributed by atoms with van der Waals surface area (Å²) in [6, 6.07) is 8.87. The van der Waals surface area contributed by atoms with Gasteiger partial charge in [-0.3, -0.25) is 0 Å². The molecule has 0 bridgehead atoms. The summed E-state index contributed by atoms with van der Waals surface area (Å²) < 4.78 is 10.4. The highest BCUT2D eigenvalue weighted by molar-refractivity contribution is 5.32. The second-order valence-corrected chi connectivity index (χ2v) is 3.89. The van der Waals surface area contributed by atoms with E-state index in [-0.39, 0.29) is 0 Å². The van der Waals surface area contributed by atoms with Gasteiger partial charge in [-0.2, -0.15) is 0 Å². The van der Waals surface area contributed by atoms with Crippen molar-refractivity contribution >= 4 is 0 Å². The molecule has 0 spiro atoms. The molecule has 0 aliphatic heterocycles. The number of rotatable bonds is 5. The standard InChI is InChI=1S/C14H16N2O3/c1-3-19-11-6-4-10(5-7-11)14(17)12-8-13(18-2)16-9-15-12/h4-9,14,17H,3H2,1-2H3. The summed E-state index contributed by atoms with van der Waals surface area (Å²) >= 11 is 0. The molecule has 0 amide bonds. The number of aliphatic hydroxyl groups is 1. The van der Waals surface area contributed by atoms with Crippen LogP contribution in [0.25, 0.3) is 0 Å². The van der Waals surface area contributed by atoms with Gasteiger partial charge in [0, 0.05) is 6.07 Å². The third-order valence-electron chi connectivity index (χ3n) is 2.66. The maximum atomic E-state index is 10.2. The van der Waals surface area contributed by atoms with Gasteiger partial charge in [0.2, 0.25) is 5.88 Å². The van der Waals surface area contributed by atoms with Crippen molar-refractivity contribution in [2.45, 2.75) is 13.0 Å². The minimum absolute atomic E-state index is 0.426. The normalized spacial score (nSPS) is 11.9. The third kappa shape index (κ3) is 3.20. The van der Waals surface area contributed by atoms with E-state index < -0.39 is 6.10 Å². The molecule has 0 saturated carbocycles. The van der Waals surface area contributed by atoms with Crippen LogP contribution in [0.15, 0.2) is 36.7 Å². The van der Waals surface area contributed by atoms with Crippen LogP contribution in [0.2, 0.25) is 0 Å². The molecule has 0 radical (unpaired) electrons. The molecular weight excluding hydrogens is 244 g/mol. The van der Waals surface area contributed by atoms with E-state index in [1.54, 1.807) is 6.07 Å². The summed E-state index contributed by atoms with van der Waals surface area (Å²) in [6.45, 7) is 2.54. The predicted octanol–water partition coefficient (Wildman–Crippen LogP) is 1.97. The van der Waals surface area contributed by atoms with Gasteiger partial charge in [-0.15, -0.1) is 0 Å². The second-order valence-electron chi connectivity index (χ2n) is 3.89. The molecule has 1 aromatic carbocycles. The van der Waals surface area contributed by atoms with Crippen LogP contribution < -0.4 is 9.47 Å². The molecule has 1 N–H and O–H groups in total. The topological polar surface area (TPSA) is 64.5 Å². The first-order valence-electron chi connectivity index (χ1n) is 6.01. The highest BCUT2D eigenvalue weighted by atomic mass is 16.5. The molecule has 0 saturated heterocycles. The van der Waals surface area contributed by atoms with E-state index in [1.165, 1.54) is 13.4 Å². The maximum Gasteiger partial charge on any atom is 0.216 e. The molecule has 0 aliphatic rings. The number of methoxy groups -OCH3 is 1. The monoisotopic (exact) mass is 260 g/mol. The number of benzene rings is 1. The first-order valence-corrected chi connectivity index (χ1v) is 6.01. The summed E-state index contributed by atoms with van der Waals surface area (Å²) in [4.78, 5) is 7.96. The molecule has 2 aromatic rings. The first-order chi connectivity index (χ1) is 9.24. The molecule has 1 aromatic heterocycles. The van der Waals surface area contributed by atoms with Crippen molar-refractivity contribution in [2.24, 2.45) is 0 Å². The van der Waals surface area contributed by atoms with Crippen LogP contribution in [-0.2, 0) is 0 Å². The summed E-state index contributed by atoms with van der Waals surface area (Å²) in [6.07, 6.45) is 0.555. The smallest absolute Gasteiger partial charge is 0.216 e. The Hall–Kier alpha value is -2.14. The molecule has 19 heavy (non-hydrogen) atoms. The van der Waals surface area contributed by atoms with Gasteiger partial charge in [0.1, 0.15) is 18.2 Å². The van der Waals surface area contributed by atoms with Crippen LogP contribution in [0.5, 0.6) is 11.6 Å². The molecule has 2 rings (SSSR count). The van der Waals surface area contributed by atoms with E-state index in [4.69, 9.17) is 9.47 Å².